The van der Waals surface area contributed by atoms with Crippen LogP contribution >= 0.6 is 27.7 Å². The van der Waals surface area contributed by atoms with E-state index in [1.165, 1.54) is 5.56 Å². The first-order valence-electron chi connectivity index (χ1n) is 10.5. The van der Waals surface area contributed by atoms with Crippen molar-refractivity contribution < 1.29 is 14.4 Å². The lowest BCUT2D eigenvalue weighted by molar-refractivity contribution is -0.136. The SMILES string of the molecule is O=C(CN1C(=O)S/C(=C\c2cccn2-c2cccc(Br)c2)C1=O)N1CCc2ccccc2C1. The lowest BCUT2D eigenvalue weighted by Crippen LogP contribution is -2.44. The fourth-order valence-electron chi connectivity index (χ4n) is 4.09. The minimum Gasteiger partial charge on any atom is -0.336 e. The predicted molar refractivity (Wildman–Crippen MR) is 132 cm³/mol. The molecule has 3 heterocycles. The number of hydrogen-bond acceptors (Lipinski definition) is 4. The smallest absolute Gasteiger partial charge is 0.294 e. The number of nitrogens with zero attached hydrogens (tertiary/aromatic N) is 3. The summed E-state index contributed by atoms with van der Waals surface area (Å²) in [5, 5.41) is -0.419. The van der Waals surface area contributed by atoms with Crippen LogP contribution in [0, 0.1) is 0 Å². The maximum Gasteiger partial charge on any atom is 0.294 e. The highest BCUT2D eigenvalue weighted by atomic mass is 79.9. The number of halogens is 1. The second-order valence-electron chi connectivity index (χ2n) is 7.88. The second kappa shape index (κ2) is 9.03. The monoisotopic (exact) mass is 521 g/mol. The van der Waals surface area contributed by atoms with Gasteiger partial charge in [-0.25, -0.2) is 0 Å². The van der Waals surface area contributed by atoms with Crippen molar-refractivity contribution in [1.29, 1.82) is 0 Å². The zero-order chi connectivity index (χ0) is 22.9. The average molecular weight is 522 g/mol. The largest absolute Gasteiger partial charge is 0.336 e. The molecule has 0 aliphatic carbocycles. The number of hydrogen-bond donors (Lipinski definition) is 0. The molecule has 6 nitrogen and oxygen atoms in total. The number of thioether (sulfide) groups is 1. The number of carbonyl (C=O) groups excluding carboxylic acids is 3. The molecular formula is C25H20BrN3O3S. The molecule has 2 aliphatic rings. The Morgan fingerprint density at radius 3 is 2.67 bits per heavy atom. The predicted octanol–water partition coefficient (Wildman–Crippen LogP) is 4.86. The number of rotatable bonds is 4. The van der Waals surface area contributed by atoms with Gasteiger partial charge in [-0.05, 0) is 65.7 Å². The molecule has 3 amide bonds. The molecule has 1 fully saturated rings. The van der Waals surface area contributed by atoms with Crippen LogP contribution in [0.25, 0.3) is 11.8 Å². The van der Waals surface area contributed by atoms with E-state index in [0.717, 1.165) is 44.5 Å². The van der Waals surface area contributed by atoms with Crippen LogP contribution in [0.1, 0.15) is 16.8 Å². The maximum absolute atomic E-state index is 13.0. The van der Waals surface area contributed by atoms with Gasteiger partial charge in [0.1, 0.15) is 6.54 Å². The van der Waals surface area contributed by atoms with E-state index in [1.807, 2.05) is 65.4 Å². The van der Waals surface area contributed by atoms with Crippen molar-refractivity contribution in [2.75, 3.05) is 13.1 Å². The van der Waals surface area contributed by atoms with Crippen molar-refractivity contribution in [3.63, 3.8) is 0 Å². The van der Waals surface area contributed by atoms with Crippen molar-refractivity contribution in [1.82, 2.24) is 14.4 Å². The lowest BCUT2D eigenvalue weighted by atomic mass is 10.00. The van der Waals surface area contributed by atoms with Crippen LogP contribution in [-0.4, -0.2) is 44.5 Å². The van der Waals surface area contributed by atoms with Crippen LogP contribution in [0.2, 0.25) is 0 Å². The average Bonchev–Trinajstić information content (AvgIpc) is 3.39. The summed E-state index contributed by atoms with van der Waals surface area (Å²) in [6, 6.07) is 19.6. The minimum absolute atomic E-state index is 0.217. The Bertz CT molecular complexity index is 1300. The highest BCUT2D eigenvalue weighted by molar-refractivity contribution is 9.10. The fourth-order valence-corrected chi connectivity index (χ4v) is 5.30. The Hall–Kier alpha value is -3.10. The summed E-state index contributed by atoms with van der Waals surface area (Å²) in [5.74, 6) is -0.650. The van der Waals surface area contributed by atoms with Crippen molar-refractivity contribution in [3.05, 3.63) is 93.1 Å². The van der Waals surface area contributed by atoms with E-state index in [0.29, 0.717) is 18.0 Å². The van der Waals surface area contributed by atoms with Crippen molar-refractivity contribution in [2.45, 2.75) is 13.0 Å². The van der Waals surface area contributed by atoms with E-state index < -0.39 is 11.1 Å². The number of imide groups is 1. The molecule has 3 aromatic rings. The van der Waals surface area contributed by atoms with Gasteiger partial charge in [-0.3, -0.25) is 19.3 Å². The topological polar surface area (TPSA) is 62.6 Å². The lowest BCUT2D eigenvalue weighted by Gasteiger charge is -2.29. The quantitative estimate of drug-likeness (QED) is 0.460. The normalized spacial score (nSPS) is 17.1. The van der Waals surface area contributed by atoms with Crippen LogP contribution in [-0.2, 0) is 22.6 Å². The molecule has 8 heteroatoms. The fraction of sp³-hybridized carbons (Fsp3) is 0.160. The van der Waals surface area contributed by atoms with Gasteiger partial charge in [-0.15, -0.1) is 0 Å². The zero-order valence-electron chi connectivity index (χ0n) is 17.6. The van der Waals surface area contributed by atoms with Crippen LogP contribution < -0.4 is 0 Å². The van der Waals surface area contributed by atoms with Gasteiger partial charge >= 0.3 is 0 Å². The molecule has 1 aromatic heterocycles. The molecule has 2 aromatic carbocycles. The van der Waals surface area contributed by atoms with Gasteiger partial charge in [-0.1, -0.05) is 46.3 Å². The Kier molecular flexibility index (Phi) is 5.95. The summed E-state index contributed by atoms with van der Waals surface area (Å²) in [6.45, 7) is 0.847. The third kappa shape index (κ3) is 4.41. The highest BCUT2D eigenvalue weighted by Crippen LogP contribution is 2.33. The van der Waals surface area contributed by atoms with E-state index in [2.05, 4.69) is 22.0 Å². The molecule has 166 valence electrons. The van der Waals surface area contributed by atoms with Crippen LogP contribution in [0.4, 0.5) is 4.79 Å². The van der Waals surface area contributed by atoms with Gasteiger partial charge in [0.25, 0.3) is 11.1 Å². The summed E-state index contributed by atoms with van der Waals surface area (Å²) in [4.78, 5) is 41.5. The van der Waals surface area contributed by atoms with E-state index in [1.54, 1.807) is 11.0 Å². The molecule has 0 atom stereocenters. The molecule has 33 heavy (non-hydrogen) atoms. The number of carbonyl (C=O) groups is 3. The van der Waals surface area contributed by atoms with Crippen molar-refractivity contribution in [2.24, 2.45) is 0 Å². The van der Waals surface area contributed by atoms with E-state index in [9.17, 15) is 14.4 Å². The van der Waals surface area contributed by atoms with Crippen molar-refractivity contribution in [3.8, 4) is 5.69 Å². The summed E-state index contributed by atoms with van der Waals surface area (Å²) in [7, 11) is 0. The van der Waals surface area contributed by atoms with Crippen LogP contribution in [0.5, 0.6) is 0 Å². The third-order valence-corrected chi connectivity index (χ3v) is 7.20. The Morgan fingerprint density at radius 2 is 1.85 bits per heavy atom. The molecule has 0 radical (unpaired) electrons. The minimum atomic E-state index is -0.433. The van der Waals surface area contributed by atoms with Gasteiger partial charge in [0, 0.05) is 35.1 Å². The van der Waals surface area contributed by atoms with Gasteiger partial charge in [-0.2, -0.15) is 0 Å². The first kappa shape index (κ1) is 21.7. The third-order valence-electron chi connectivity index (χ3n) is 5.80. The standard InChI is InChI=1S/C25H20BrN3O3S/c26-19-7-3-8-20(13-19)28-11-4-9-21(28)14-22-24(31)29(25(32)33-22)16-23(30)27-12-10-17-5-1-2-6-18(17)15-27/h1-9,11,13-14H,10,12,15-16H2/b22-14-. The Morgan fingerprint density at radius 1 is 1.03 bits per heavy atom. The Balaban J connectivity index is 1.32. The summed E-state index contributed by atoms with van der Waals surface area (Å²) in [6.07, 6.45) is 4.37. The van der Waals surface area contributed by atoms with Gasteiger partial charge < -0.3 is 9.47 Å². The molecule has 0 unspecified atom stereocenters. The van der Waals surface area contributed by atoms with Crippen molar-refractivity contribution >= 4 is 50.8 Å². The molecule has 0 N–H and O–H groups in total. The van der Waals surface area contributed by atoms with Crippen LogP contribution in [0.3, 0.4) is 0 Å². The van der Waals surface area contributed by atoms with Gasteiger partial charge in [0.05, 0.1) is 4.91 Å². The van der Waals surface area contributed by atoms with Crippen LogP contribution in [0.15, 0.2) is 76.2 Å². The van der Waals surface area contributed by atoms with Gasteiger partial charge in [0.15, 0.2) is 0 Å². The first-order valence-corrected chi connectivity index (χ1v) is 12.1. The van der Waals surface area contributed by atoms with E-state index >= 15 is 0 Å². The first-order chi connectivity index (χ1) is 16.0. The summed E-state index contributed by atoms with van der Waals surface area (Å²) < 4.78 is 2.88. The molecule has 0 saturated carbocycles. The molecule has 0 spiro atoms. The van der Waals surface area contributed by atoms with E-state index in [4.69, 9.17) is 0 Å². The number of amides is 3. The molecule has 1 saturated heterocycles. The Labute approximate surface area is 204 Å². The summed E-state index contributed by atoms with van der Waals surface area (Å²) in [5.41, 5.74) is 4.06. The zero-order valence-corrected chi connectivity index (χ0v) is 20.0. The molecule has 0 bridgehead atoms. The summed E-state index contributed by atoms with van der Waals surface area (Å²) >= 11 is 4.35. The molecule has 2 aliphatic heterocycles. The number of benzene rings is 2. The number of aromatic nitrogens is 1. The maximum atomic E-state index is 13.0. The highest BCUT2D eigenvalue weighted by Gasteiger charge is 2.37. The number of fused-ring (bicyclic) bond motifs is 1. The molecular weight excluding hydrogens is 502 g/mol. The van der Waals surface area contributed by atoms with Gasteiger partial charge in [0.2, 0.25) is 5.91 Å². The molecule has 5 rings (SSSR count). The van der Waals surface area contributed by atoms with E-state index in [-0.39, 0.29) is 12.5 Å². The second-order valence-corrected chi connectivity index (χ2v) is 9.79.